The fraction of sp³-hybridized carbons (Fsp3) is 0.345. The van der Waals surface area contributed by atoms with E-state index in [0.29, 0.717) is 25.1 Å². The average molecular weight is 564 g/mol. The minimum absolute atomic E-state index is 0.140. The summed E-state index contributed by atoms with van der Waals surface area (Å²) < 4.78 is 5.13. The van der Waals surface area contributed by atoms with Crippen molar-refractivity contribution in [1.82, 2.24) is 15.2 Å². The number of methoxy groups -OCH3 is 1. The molecule has 2 heterocycles. The van der Waals surface area contributed by atoms with E-state index in [1.807, 2.05) is 54.4 Å². The lowest BCUT2D eigenvalue weighted by Gasteiger charge is -2.29. The second-order valence-corrected chi connectivity index (χ2v) is 10.4. The van der Waals surface area contributed by atoms with Gasteiger partial charge in [-0.15, -0.1) is 11.3 Å². The van der Waals surface area contributed by atoms with E-state index >= 15 is 0 Å². The maximum atomic E-state index is 13.7. The normalized spacial score (nSPS) is 16.4. The van der Waals surface area contributed by atoms with Gasteiger partial charge in [-0.25, -0.2) is 14.7 Å². The van der Waals surface area contributed by atoms with Gasteiger partial charge in [-0.3, -0.25) is 14.4 Å². The van der Waals surface area contributed by atoms with Crippen LogP contribution >= 0.6 is 11.3 Å². The number of benzene rings is 2. The van der Waals surface area contributed by atoms with E-state index in [1.54, 1.807) is 38.5 Å². The van der Waals surface area contributed by atoms with Crippen molar-refractivity contribution in [3.05, 3.63) is 76.8 Å². The molecule has 3 atom stereocenters. The number of anilines is 2. The van der Waals surface area contributed by atoms with Crippen LogP contribution in [0.3, 0.4) is 0 Å². The number of nitrogens with zero attached hydrogens (tertiary/aromatic N) is 3. The Bertz CT molecular complexity index is 1360. The van der Waals surface area contributed by atoms with E-state index in [4.69, 9.17) is 4.74 Å². The molecule has 0 aliphatic carbocycles. The Morgan fingerprint density at radius 3 is 2.50 bits per heavy atom. The van der Waals surface area contributed by atoms with Gasteiger partial charge in [0.05, 0.1) is 6.61 Å². The topological polar surface area (TPSA) is 121 Å². The Balaban J connectivity index is 1.60. The molecule has 0 bridgehead atoms. The maximum Gasteiger partial charge on any atom is 0.325 e. The van der Waals surface area contributed by atoms with Crippen molar-refractivity contribution in [2.24, 2.45) is 0 Å². The molecule has 1 aromatic heterocycles. The predicted molar refractivity (Wildman–Crippen MR) is 154 cm³/mol. The summed E-state index contributed by atoms with van der Waals surface area (Å²) in [5.74, 6) is -1.75. The molecule has 11 heteroatoms. The number of imide groups is 1. The molecule has 0 spiro atoms. The lowest BCUT2D eigenvalue weighted by Crippen LogP contribution is -2.50. The number of aromatic nitrogens is 1. The zero-order chi connectivity index (χ0) is 28.8. The molecule has 1 saturated heterocycles. The van der Waals surface area contributed by atoms with Crippen LogP contribution in [0.15, 0.2) is 60.0 Å². The van der Waals surface area contributed by atoms with Crippen molar-refractivity contribution in [3.8, 4) is 0 Å². The molecule has 4 rings (SSSR count). The monoisotopic (exact) mass is 563 g/mol. The van der Waals surface area contributed by atoms with Crippen LogP contribution in [0.2, 0.25) is 0 Å². The van der Waals surface area contributed by atoms with Crippen LogP contribution in [0.5, 0.6) is 0 Å². The smallest absolute Gasteiger partial charge is 0.325 e. The van der Waals surface area contributed by atoms with Gasteiger partial charge in [-0.1, -0.05) is 56.3 Å². The zero-order valence-corrected chi connectivity index (χ0v) is 23.7. The summed E-state index contributed by atoms with van der Waals surface area (Å²) in [5, 5.41) is 7.29. The minimum Gasteiger partial charge on any atom is -0.383 e. The summed E-state index contributed by atoms with van der Waals surface area (Å²) >= 11 is 1.12. The van der Waals surface area contributed by atoms with Crippen molar-refractivity contribution in [2.75, 3.05) is 37.5 Å². The number of nitrogens with one attached hydrogen (secondary N) is 2. The highest BCUT2D eigenvalue weighted by molar-refractivity contribution is 7.14. The lowest BCUT2D eigenvalue weighted by molar-refractivity contribution is -0.134. The molecule has 1 fully saturated rings. The molecule has 0 saturated carbocycles. The van der Waals surface area contributed by atoms with Crippen LogP contribution in [0.25, 0.3) is 0 Å². The molecular formula is C29H33N5O5S. The number of ketones is 1. The Morgan fingerprint density at radius 2 is 1.85 bits per heavy atom. The van der Waals surface area contributed by atoms with Crippen molar-refractivity contribution < 1.29 is 23.9 Å². The predicted octanol–water partition coefficient (Wildman–Crippen LogP) is 4.22. The molecule has 4 amide bonds. The van der Waals surface area contributed by atoms with Gasteiger partial charge in [0.15, 0.2) is 10.9 Å². The first-order valence-corrected chi connectivity index (χ1v) is 13.9. The number of thiazole rings is 1. The summed E-state index contributed by atoms with van der Waals surface area (Å²) in [6.45, 7) is 4.81. The van der Waals surface area contributed by atoms with Gasteiger partial charge in [0.25, 0.3) is 5.91 Å². The minimum atomic E-state index is -1.16. The molecule has 210 valence electrons. The number of hydrogen-bond donors (Lipinski definition) is 2. The quantitative estimate of drug-likeness (QED) is 0.250. The standard InChI is InChI=1S/C29H33N5O5S/c1-5-23(35)22-17-40-28(30-22)32-26(36)25(18(2)19-9-7-6-8-10-19)34-27(37)24(31-29(34)38)20-11-13-21(14-12-20)33(3)15-16-39-4/h6-14,17-18,24-25H,5,15-16H2,1-4H3,(H,31,38)(H,30,32,36)/t18-,24?,25-/m0/s1. The van der Waals surface area contributed by atoms with Crippen molar-refractivity contribution >= 4 is 45.8 Å². The van der Waals surface area contributed by atoms with Crippen LogP contribution < -0.4 is 15.5 Å². The molecule has 40 heavy (non-hydrogen) atoms. The number of hydrogen-bond acceptors (Lipinski definition) is 8. The van der Waals surface area contributed by atoms with Crippen molar-refractivity contribution in [3.63, 3.8) is 0 Å². The molecular weight excluding hydrogens is 530 g/mol. The average Bonchev–Trinajstić information content (AvgIpc) is 3.56. The van der Waals surface area contributed by atoms with Gasteiger partial charge in [-0.2, -0.15) is 0 Å². The number of ether oxygens (including phenoxy) is 1. The van der Waals surface area contributed by atoms with E-state index in [0.717, 1.165) is 27.5 Å². The van der Waals surface area contributed by atoms with Crippen LogP contribution in [0.1, 0.15) is 53.8 Å². The van der Waals surface area contributed by atoms with E-state index in [-0.39, 0.29) is 16.6 Å². The second kappa shape index (κ2) is 12.8. The number of urea groups is 1. The highest BCUT2D eigenvalue weighted by atomic mass is 32.1. The number of Topliss-reactive ketones (excluding diaryl/α,β-unsaturated/α-hetero) is 1. The van der Waals surface area contributed by atoms with Gasteiger partial charge < -0.3 is 20.3 Å². The fourth-order valence-electron chi connectivity index (χ4n) is 4.59. The molecule has 3 aromatic rings. The highest BCUT2D eigenvalue weighted by Crippen LogP contribution is 2.32. The maximum absolute atomic E-state index is 13.7. The summed E-state index contributed by atoms with van der Waals surface area (Å²) in [5.41, 5.74) is 2.60. The van der Waals surface area contributed by atoms with Crippen LogP contribution in [0.4, 0.5) is 15.6 Å². The fourth-order valence-corrected chi connectivity index (χ4v) is 5.31. The second-order valence-electron chi connectivity index (χ2n) is 9.54. The van der Waals surface area contributed by atoms with E-state index in [1.165, 1.54) is 0 Å². The van der Waals surface area contributed by atoms with Gasteiger partial charge in [0.2, 0.25) is 5.91 Å². The highest BCUT2D eigenvalue weighted by Gasteiger charge is 2.47. The Hall–Kier alpha value is -4.09. The number of rotatable bonds is 12. The molecule has 2 aromatic carbocycles. The number of amides is 4. The Labute approximate surface area is 237 Å². The summed E-state index contributed by atoms with van der Waals surface area (Å²) in [4.78, 5) is 59.9. The first-order valence-electron chi connectivity index (χ1n) is 13.0. The lowest BCUT2D eigenvalue weighted by atomic mass is 9.91. The molecule has 1 unspecified atom stereocenters. The first kappa shape index (κ1) is 28.9. The Kier molecular flexibility index (Phi) is 9.28. The van der Waals surface area contributed by atoms with Gasteiger partial charge in [0, 0.05) is 44.1 Å². The summed E-state index contributed by atoms with van der Waals surface area (Å²) in [7, 11) is 3.58. The molecule has 0 radical (unpaired) electrons. The van der Waals surface area contributed by atoms with Gasteiger partial charge >= 0.3 is 6.03 Å². The van der Waals surface area contributed by atoms with E-state index in [9.17, 15) is 19.2 Å². The third kappa shape index (κ3) is 6.21. The third-order valence-electron chi connectivity index (χ3n) is 6.96. The van der Waals surface area contributed by atoms with Gasteiger partial charge in [-0.05, 0) is 23.3 Å². The van der Waals surface area contributed by atoms with Crippen molar-refractivity contribution in [2.45, 2.75) is 38.3 Å². The van der Waals surface area contributed by atoms with Crippen LogP contribution in [-0.2, 0) is 14.3 Å². The SMILES string of the molecule is CCC(=O)c1csc(NC(=O)[C@H]([C@@H](C)c2ccccc2)N2C(=O)NC(c3ccc(N(C)CCOC)cc3)C2=O)n1. The van der Waals surface area contributed by atoms with Crippen LogP contribution in [-0.4, -0.2) is 66.9 Å². The molecule has 10 nitrogen and oxygen atoms in total. The molecule has 1 aliphatic heterocycles. The number of carbonyl (C=O) groups is 4. The number of carbonyl (C=O) groups excluding carboxylic acids is 4. The van der Waals surface area contributed by atoms with Crippen molar-refractivity contribution in [1.29, 1.82) is 0 Å². The van der Waals surface area contributed by atoms with Crippen LogP contribution in [0, 0.1) is 0 Å². The zero-order valence-electron chi connectivity index (χ0n) is 22.9. The number of likely N-dealkylation sites (N-methyl/N-ethyl adjacent to an activating group) is 1. The first-order chi connectivity index (χ1) is 19.2. The largest absolute Gasteiger partial charge is 0.383 e. The van der Waals surface area contributed by atoms with E-state index < -0.39 is 35.8 Å². The summed E-state index contributed by atoms with van der Waals surface area (Å²) in [6.07, 6.45) is 0.291. The summed E-state index contributed by atoms with van der Waals surface area (Å²) in [6, 6.07) is 13.8. The Morgan fingerprint density at radius 1 is 1.15 bits per heavy atom. The molecule has 2 N–H and O–H groups in total. The van der Waals surface area contributed by atoms with Gasteiger partial charge in [0.1, 0.15) is 17.8 Å². The molecule has 1 aliphatic rings. The van der Waals surface area contributed by atoms with E-state index in [2.05, 4.69) is 15.6 Å². The third-order valence-corrected chi connectivity index (χ3v) is 7.71.